The highest BCUT2D eigenvalue weighted by Crippen LogP contribution is 2.10. The minimum Gasteiger partial charge on any atom is -0.427 e. The van der Waals surface area contributed by atoms with E-state index in [2.05, 4.69) is 4.98 Å². The molecule has 0 aromatic carbocycles. The average molecular weight is 165 g/mol. The van der Waals surface area contributed by atoms with E-state index >= 15 is 0 Å². The van der Waals surface area contributed by atoms with E-state index in [4.69, 9.17) is 4.74 Å². The molecule has 0 fully saturated rings. The number of nitrogens with zero attached hydrogens (tertiary/aromatic N) is 1. The van der Waals surface area contributed by atoms with Crippen molar-refractivity contribution >= 4 is 5.97 Å². The zero-order valence-electron chi connectivity index (χ0n) is 7.20. The lowest BCUT2D eigenvalue weighted by Crippen LogP contribution is -2.01. The number of rotatable bonds is 2. The minimum atomic E-state index is -0.303. The predicted molar refractivity (Wildman–Crippen MR) is 44.9 cm³/mol. The van der Waals surface area contributed by atoms with Crippen LogP contribution in [0.5, 0.6) is 5.75 Å². The van der Waals surface area contributed by atoms with Gasteiger partial charge in [0.1, 0.15) is 5.75 Å². The van der Waals surface area contributed by atoms with Crippen molar-refractivity contribution in [2.24, 2.45) is 0 Å². The van der Waals surface area contributed by atoms with Crippen LogP contribution in [0.15, 0.2) is 18.3 Å². The summed E-state index contributed by atoms with van der Waals surface area (Å²) in [5, 5.41) is 0. The largest absolute Gasteiger partial charge is 0.427 e. The fourth-order valence-corrected chi connectivity index (χ4v) is 0.879. The maximum atomic E-state index is 10.6. The third-order valence-electron chi connectivity index (χ3n) is 1.41. The second kappa shape index (κ2) is 3.85. The molecule has 12 heavy (non-hydrogen) atoms. The molecule has 3 heteroatoms. The van der Waals surface area contributed by atoms with Gasteiger partial charge in [-0.15, -0.1) is 0 Å². The van der Waals surface area contributed by atoms with Crippen LogP contribution in [0.25, 0.3) is 0 Å². The van der Waals surface area contributed by atoms with Gasteiger partial charge in [-0.1, -0.05) is 6.92 Å². The Kier molecular flexibility index (Phi) is 2.80. The van der Waals surface area contributed by atoms with Crippen molar-refractivity contribution < 1.29 is 9.53 Å². The summed E-state index contributed by atoms with van der Waals surface area (Å²) in [5.74, 6) is 0.262. The third kappa shape index (κ3) is 2.34. The highest BCUT2D eigenvalue weighted by Gasteiger charge is 1.98. The predicted octanol–water partition coefficient (Wildman–Crippen LogP) is 1.57. The first-order valence-electron chi connectivity index (χ1n) is 3.85. The van der Waals surface area contributed by atoms with E-state index in [1.54, 1.807) is 18.3 Å². The van der Waals surface area contributed by atoms with Crippen LogP contribution in [0.1, 0.15) is 19.5 Å². The second-order valence-corrected chi connectivity index (χ2v) is 2.43. The van der Waals surface area contributed by atoms with Crippen molar-refractivity contribution in [3.8, 4) is 5.75 Å². The summed E-state index contributed by atoms with van der Waals surface area (Å²) in [7, 11) is 0. The highest BCUT2D eigenvalue weighted by molar-refractivity contribution is 5.69. The summed E-state index contributed by atoms with van der Waals surface area (Å²) < 4.78 is 4.88. The molecular weight excluding hydrogens is 154 g/mol. The lowest BCUT2D eigenvalue weighted by Gasteiger charge is -2.01. The van der Waals surface area contributed by atoms with Gasteiger partial charge in [0.25, 0.3) is 0 Å². The summed E-state index contributed by atoms with van der Waals surface area (Å²) in [5.41, 5.74) is 0.925. The van der Waals surface area contributed by atoms with E-state index in [1.807, 2.05) is 6.92 Å². The Balaban J connectivity index is 2.79. The van der Waals surface area contributed by atoms with E-state index in [0.29, 0.717) is 5.75 Å². The van der Waals surface area contributed by atoms with E-state index in [0.717, 1.165) is 12.1 Å². The molecule has 1 heterocycles. The number of pyridine rings is 1. The number of carbonyl (C=O) groups excluding carboxylic acids is 1. The van der Waals surface area contributed by atoms with Crippen LogP contribution in [-0.4, -0.2) is 11.0 Å². The van der Waals surface area contributed by atoms with Crippen molar-refractivity contribution in [3.05, 3.63) is 24.0 Å². The van der Waals surface area contributed by atoms with E-state index < -0.39 is 0 Å². The maximum Gasteiger partial charge on any atom is 0.308 e. The average Bonchev–Trinajstić information content (AvgIpc) is 2.03. The number of aromatic nitrogens is 1. The van der Waals surface area contributed by atoms with Gasteiger partial charge < -0.3 is 4.74 Å². The summed E-state index contributed by atoms with van der Waals surface area (Å²) >= 11 is 0. The van der Waals surface area contributed by atoms with Crippen LogP contribution in [0.4, 0.5) is 0 Å². The monoisotopic (exact) mass is 165 g/mol. The first kappa shape index (κ1) is 8.71. The van der Waals surface area contributed by atoms with Crippen molar-refractivity contribution in [1.82, 2.24) is 4.98 Å². The molecule has 1 aromatic rings. The SMILES string of the molecule is CCc1cc(OC(C)=O)ccn1. The molecule has 0 bridgehead atoms. The standard InChI is InChI=1S/C9H11NO2/c1-3-8-6-9(4-5-10-8)12-7(2)11/h4-6H,3H2,1-2H3. The van der Waals surface area contributed by atoms with Crippen LogP contribution in [0.3, 0.4) is 0 Å². The van der Waals surface area contributed by atoms with Crippen LogP contribution >= 0.6 is 0 Å². The van der Waals surface area contributed by atoms with Crippen LogP contribution in [0.2, 0.25) is 0 Å². The Morgan fingerprint density at radius 2 is 2.42 bits per heavy atom. The molecule has 0 spiro atoms. The summed E-state index contributed by atoms with van der Waals surface area (Å²) in [6.07, 6.45) is 2.48. The number of hydrogen-bond acceptors (Lipinski definition) is 3. The summed E-state index contributed by atoms with van der Waals surface area (Å²) in [6, 6.07) is 3.43. The van der Waals surface area contributed by atoms with Crippen LogP contribution in [0, 0.1) is 0 Å². The molecule has 0 saturated carbocycles. The highest BCUT2D eigenvalue weighted by atomic mass is 16.5. The van der Waals surface area contributed by atoms with Gasteiger partial charge >= 0.3 is 5.97 Å². The Bertz CT molecular complexity index is 284. The van der Waals surface area contributed by atoms with Crippen LogP contribution < -0.4 is 4.74 Å². The molecule has 1 aromatic heterocycles. The number of hydrogen-bond donors (Lipinski definition) is 0. The number of carbonyl (C=O) groups is 1. The molecule has 0 aliphatic rings. The molecule has 1 rings (SSSR count). The maximum absolute atomic E-state index is 10.6. The second-order valence-electron chi connectivity index (χ2n) is 2.43. The van der Waals surface area contributed by atoms with Crippen molar-refractivity contribution in [3.63, 3.8) is 0 Å². The molecule has 0 saturated heterocycles. The molecule has 3 nitrogen and oxygen atoms in total. The zero-order valence-corrected chi connectivity index (χ0v) is 7.20. The fourth-order valence-electron chi connectivity index (χ4n) is 0.879. The topological polar surface area (TPSA) is 39.2 Å². The van der Waals surface area contributed by atoms with Crippen molar-refractivity contribution in [2.75, 3.05) is 0 Å². The van der Waals surface area contributed by atoms with Crippen molar-refractivity contribution in [1.29, 1.82) is 0 Å². The lowest BCUT2D eigenvalue weighted by molar-refractivity contribution is -0.131. The summed E-state index contributed by atoms with van der Waals surface area (Å²) in [6.45, 7) is 3.38. The molecule has 0 atom stereocenters. The third-order valence-corrected chi connectivity index (χ3v) is 1.41. The lowest BCUT2D eigenvalue weighted by atomic mass is 10.3. The molecule has 0 aliphatic heterocycles. The van der Waals surface area contributed by atoms with Gasteiger partial charge in [-0.05, 0) is 12.5 Å². The van der Waals surface area contributed by atoms with Crippen molar-refractivity contribution in [2.45, 2.75) is 20.3 Å². The van der Waals surface area contributed by atoms with Gasteiger partial charge in [-0.25, -0.2) is 0 Å². The number of aryl methyl sites for hydroxylation is 1. The molecule has 0 N–H and O–H groups in total. The number of ether oxygens (including phenoxy) is 1. The Hall–Kier alpha value is -1.38. The summed E-state index contributed by atoms with van der Waals surface area (Å²) in [4.78, 5) is 14.6. The van der Waals surface area contributed by atoms with Gasteiger partial charge in [0.05, 0.1) is 0 Å². The Labute approximate surface area is 71.4 Å². The smallest absolute Gasteiger partial charge is 0.308 e. The molecule has 0 amide bonds. The molecule has 0 unspecified atom stereocenters. The quantitative estimate of drug-likeness (QED) is 0.624. The van der Waals surface area contributed by atoms with Gasteiger partial charge in [0, 0.05) is 24.9 Å². The minimum absolute atomic E-state index is 0.303. The molecule has 64 valence electrons. The normalized spacial score (nSPS) is 9.50. The van der Waals surface area contributed by atoms with Gasteiger partial charge in [0.15, 0.2) is 0 Å². The molecular formula is C9H11NO2. The van der Waals surface area contributed by atoms with Gasteiger partial charge in [-0.3, -0.25) is 9.78 Å². The van der Waals surface area contributed by atoms with E-state index in [-0.39, 0.29) is 5.97 Å². The number of esters is 1. The van der Waals surface area contributed by atoms with E-state index in [9.17, 15) is 4.79 Å². The first-order chi connectivity index (χ1) is 5.72. The first-order valence-corrected chi connectivity index (χ1v) is 3.85. The van der Waals surface area contributed by atoms with E-state index in [1.165, 1.54) is 6.92 Å². The van der Waals surface area contributed by atoms with Crippen LogP contribution in [-0.2, 0) is 11.2 Å². The van der Waals surface area contributed by atoms with Gasteiger partial charge in [-0.2, -0.15) is 0 Å². The fraction of sp³-hybridized carbons (Fsp3) is 0.333. The molecule has 0 aliphatic carbocycles. The molecule has 0 radical (unpaired) electrons. The Morgan fingerprint density at radius 1 is 1.67 bits per heavy atom. The zero-order chi connectivity index (χ0) is 8.97. The Morgan fingerprint density at radius 3 is 3.00 bits per heavy atom. The van der Waals surface area contributed by atoms with Gasteiger partial charge in [0.2, 0.25) is 0 Å².